The van der Waals surface area contributed by atoms with Crippen LogP contribution >= 0.6 is 0 Å². The standard InChI is InChI=1S/C11H19N3O3/c12-9(15)1-3-14-10(16)11-6-13-5-8(11)2-4-17-7-11/h8,13H,1-7H2,(H2,12,15)(H,14,16)/t8-,11+/m1/s1. The number of nitrogens with two attached hydrogens (primary N) is 1. The number of carbonyl (C=O) groups is 2. The molecule has 0 unspecified atom stereocenters. The van der Waals surface area contributed by atoms with E-state index in [2.05, 4.69) is 10.6 Å². The number of ether oxygens (including phenoxy) is 1. The van der Waals surface area contributed by atoms with Gasteiger partial charge in [-0.25, -0.2) is 0 Å². The molecule has 0 aromatic rings. The molecule has 2 saturated heterocycles. The lowest BCUT2D eigenvalue weighted by Gasteiger charge is -2.36. The lowest BCUT2D eigenvalue weighted by molar-refractivity contribution is -0.141. The first-order chi connectivity index (χ1) is 8.15. The van der Waals surface area contributed by atoms with Gasteiger partial charge in [0.05, 0.1) is 12.0 Å². The normalized spacial score (nSPS) is 31.9. The number of amides is 2. The van der Waals surface area contributed by atoms with Gasteiger partial charge < -0.3 is 21.1 Å². The fourth-order valence-corrected chi connectivity index (χ4v) is 2.64. The topological polar surface area (TPSA) is 93.5 Å². The molecule has 2 aliphatic rings. The third-order valence-corrected chi connectivity index (χ3v) is 3.69. The van der Waals surface area contributed by atoms with E-state index >= 15 is 0 Å². The fourth-order valence-electron chi connectivity index (χ4n) is 2.64. The molecular formula is C11H19N3O3. The Morgan fingerprint density at radius 1 is 1.53 bits per heavy atom. The highest BCUT2D eigenvalue weighted by Gasteiger charge is 2.50. The van der Waals surface area contributed by atoms with Crippen molar-refractivity contribution in [1.29, 1.82) is 0 Å². The molecule has 2 fully saturated rings. The van der Waals surface area contributed by atoms with Gasteiger partial charge >= 0.3 is 0 Å². The van der Waals surface area contributed by atoms with Gasteiger partial charge in [0.15, 0.2) is 0 Å². The average Bonchev–Trinajstić information content (AvgIpc) is 2.73. The molecule has 4 N–H and O–H groups in total. The van der Waals surface area contributed by atoms with Gasteiger partial charge in [0, 0.05) is 26.1 Å². The number of primary amides is 1. The molecule has 0 radical (unpaired) electrons. The first kappa shape index (κ1) is 12.3. The van der Waals surface area contributed by atoms with Gasteiger partial charge in [-0.05, 0) is 18.9 Å². The molecule has 0 bridgehead atoms. The fraction of sp³-hybridized carbons (Fsp3) is 0.818. The second-order valence-corrected chi connectivity index (χ2v) is 4.80. The third kappa shape index (κ3) is 2.42. The summed E-state index contributed by atoms with van der Waals surface area (Å²) >= 11 is 0. The van der Waals surface area contributed by atoms with Crippen LogP contribution in [0, 0.1) is 11.3 Å². The Morgan fingerprint density at radius 3 is 3.12 bits per heavy atom. The number of rotatable bonds is 4. The molecule has 2 aliphatic heterocycles. The highest BCUT2D eigenvalue weighted by Crippen LogP contribution is 2.37. The maximum atomic E-state index is 12.2. The van der Waals surface area contributed by atoms with Crippen LogP contribution in [0.5, 0.6) is 0 Å². The number of hydrogen-bond donors (Lipinski definition) is 3. The van der Waals surface area contributed by atoms with Crippen molar-refractivity contribution in [3.05, 3.63) is 0 Å². The van der Waals surface area contributed by atoms with Crippen LogP contribution < -0.4 is 16.4 Å². The molecule has 0 spiro atoms. The van der Waals surface area contributed by atoms with Crippen molar-refractivity contribution in [3.8, 4) is 0 Å². The lowest BCUT2D eigenvalue weighted by Crippen LogP contribution is -2.52. The molecule has 0 aliphatic carbocycles. The summed E-state index contributed by atoms with van der Waals surface area (Å²) in [6.45, 7) is 3.02. The van der Waals surface area contributed by atoms with E-state index in [1.54, 1.807) is 0 Å². The lowest BCUT2D eigenvalue weighted by atomic mass is 9.75. The van der Waals surface area contributed by atoms with Gasteiger partial charge in [0.25, 0.3) is 0 Å². The quantitative estimate of drug-likeness (QED) is 0.564. The maximum absolute atomic E-state index is 12.2. The molecule has 17 heavy (non-hydrogen) atoms. The Bertz CT molecular complexity index is 321. The van der Waals surface area contributed by atoms with Crippen LogP contribution in [-0.4, -0.2) is 44.7 Å². The first-order valence-corrected chi connectivity index (χ1v) is 6.00. The van der Waals surface area contributed by atoms with E-state index in [1.165, 1.54) is 0 Å². The summed E-state index contributed by atoms with van der Waals surface area (Å²) < 4.78 is 5.44. The Labute approximate surface area is 100 Å². The Morgan fingerprint density at radius 2 is 2.35 bits per heavy atom. The molecular weight excluding hydrogens is 222 g/mol. The monoisotopic (exact) mass is 241 g/mol. The summed E-state index contributed by atoms with van der Waals surface area (Å²) in [4.78, 5) is 22.8. The molecule has 96 valence electrons. The molecule has 2 rings (SSSR count). The van der Waals surface area contributed by atoms with Crippen molar-refractivity contribution in [2.45, 2.75) is 12.8 Å². The first-order valence-electron chi connectivity index (χ1n) is 6.00. The van der Waals surface area contributed by atoms with Crippen molar-refractivity contribution in [2.75, 3.05) is 32.8 Å². The van der Waals surface area contributed by atoms with Gasteiger partial charge in [-0.15, -0.1) is 0 Å². The minimum absolute atomic E-state index is 0.0200. The third-order valence-electron chi connectivity index (χ3n) is 3.69. The van der Waals surface area contributed by atoms with Crippen LogP contribution in [0.15, 0.2) is 0 Å². The van der Waals surface area contributed by atoms with Gasteiger partial charge in [-0.3, -0.25) is 9.59 Å². The summed E-state index contributed by atoms with van der Waals surface area (Å²) in [5.74, 6) is -0.0814. The van der Waals surface area contributed by atoms with E-state index in [4.69, 9.17) is 10.5 Å². The SMILES string of the molecule is NC(=O)CCNC(=O)[C@]12CNC[C@H]1CCOC2. The number of nitrogens with one attached hydrogen (secondary N) is 2. The molecule has 2 amide bonds. The number of fused-ring (bicyclic) bond motifs is 1. The van der Waals surface area contributed by atoms with Gasteiger partial charge in [-0.1, -0.05) is 0 Å². The molecule has 0 aromatic heterocycles. The molecule has 2 heterocycles. The zero-order valence-corrected chi connectivity index (χ0v) is 9.83. The molecule has 0 saturated carbocycles. The summed E-state index contributed by atoms with van der Waals surface area (Å²) in [5.41, 5.74) is 4.59. The zero-order chi connectivity index (χ0) is 12.3. The Kier molecular flexibility index (Phi) is 3.63. The van der Waals surface area contributed by atoms with Crippen molar-refractivity contribution in [1.82, 2.24) is 10.6 Å². The molecule has 0 aromatic carbocycles. The maximum Gasteiger partial charge on any atom is 0.230 e. The molecule has 2 atom stereocenters. The van der Waals surface area contributed by atoms with Crippen LogP contribution in [0.25, 0.3) is 0 Å². The van der Waals surface area contributed by atoms with Crippen molar-refractivity contribution in [3.63, 3.8) is 0 Å². The molecule has 6 heteroatoms. The van der Waals surface area contributed by atoms with E-state index < -0.39 is 11.3 Å². The van der Waals surface area contributed by atoms with E-state index in [0.717, 1.165) is 19.6 Å². The second kappa shape index (κ2) is 5.01. The highest BCUT2D eigenvalue weighted by atomic mass is 16.5. The van der Waals surface area contributed by atoms with Crippen molar-refractivity contribution in [2.24, 2.45) is 17.1 Å². The predicted octanol–water partition coefficient (Wildman–Crippen LogP) is -1.40. The Balaban J connectivity index is 1.94. The van der Waals surface area contributed by atoms with Crippen molar-refractivity contribution >= 4 is 11.8 Å². The number of carbonyl (C=O) groups excluding carboxylic acids is 2. The van der Waals surface area contributed by atoms with E-state index in [1.807, 2.05) is 0 Å². The van der Waals surface area contributed by atoms with Crippen LogP contribution in [0.2, 0.25) is 0 Å². The minimum Gasteiger partial charge on any atom is -0.380 e. The Hall–Kier alpha value is -1.14. The predicted molar refractivity (Wildman–Crippen MR) is 61.0 cm³/mol. The summed E-state index contributed by atoms with van der Waals surface area (Å²) in [5, 5.41) is 6.04. The van der Waals surface area contributed by atoms with Crippen LogP contribution in [0.1, 0.15) is 12.8 Å². The zero-order valence-electron chi connectivity index (χ0n) is 9.83. The highest BCUT2D eigenvalue weighted by molar-refractivity contribution is 5.84. The molecule has 6 nitrogen and oxygen atoms in total. The summed E-state index contributed by atoms with van der Waals surface area (Å²) in [6.07, 6.45) is 1.09. The van der Waals surface area contributed by atoms with Gasteiger partial charge in [0.2, 0.25) is 11.8 Å². The number of hydrogen-bond acceptors (Lipinski definition) is 4. The van der Waals surface area contributed by atoms with Crippen molar-refractivity contribution < 1.29 is 14.3 Å². The average molecular weight is 241 g/mol. The summed E-state index contributed by atoms with van der Waals surface area (Å²) in [7, 11) is 0. The van der Waals surface area contributed by atoms with Crippen LogP contribution in [0.4, 0.5) is 0 Å². The van der Waals surface area contributed by atoms with E-state index in [9.17, 15) is 9.59 Å². The van der Waals surface area contributed by atoms with Gasteiger partial charge in [0.1, 0.15) is 0 Å². The smallest absolute Gasteiger partial charge is 0.230 e. The summed E-state index contributed by atoms with van der Waals surface area (Å²) in [6, 6.07) is 0. The van der Waals surface area contributed by atoms with Crippen LogP contribution in [0.3, 0.4) is 0 Å². The minimum atomic E-state index is -0.449. The van der Waals surface area contributed by atoms with Gasteiger partial charge in [-0.2, -0.15) is 0 Å². The second-order valence-electron chi connectivity index (χ2n) is 4.80. The largest absolute Gasteiger partial charge is 0.380 e. The van der Waals surface area contributed by atoms with E-state index in [0.29, 0.717) is 25.6 Å². The van der Waals surface area contributed by atoms with Crippen LogP contribution in [-0.2, 0) is 14.3 Å². The van der Waals surface area contributed by atoms with E-state index in [-0.39, 0.29) is 12.3 Å².